The van der Waals surface area contributed by atoms with Gasteiger partial charge in [0.2, 0.25) is 5.90 Å². The molecule has 1 amide bonds. The van der Waals surface area contributed by atoms with E-state index in [9.17, 15) is 4.79 Å². The molecule has 0 spiro atoms. The third kappa shape index (κ3) is 2.30. The Hall–Kier alpha value is -1.26. The van der Waals surface area contributed by atoms with Crippen LogP contribution in [0.4, 0.5) is 4.79 Å². The SMILES string of the molecule is COC(=N)[C@@H]1[C@@H]2[C@H](CN1C(=O)OC(C)(C)C)C2(C)C. The molecule has 1 heterocycles. The smallest absolute Gasteiger partial charge is 0.410 e. The largest absolute Gasteiger partial charge is 0.483 e. The molecule has 5 heteroatoms. The zero-order valence-electron chi connectivity index (χ0n) is 12.6. The van der Waals surface area contributed by atoms with Crippen molar-refractivity contribution in [2.75, 3.05) is 13.7 Å². The lowest BCUT2D eigenvalue weighted by Crippen LogP contribution is -2.47. The van der Waals surface area contributed by atoms with Gasteiger partial charge in [0.25, 0.3) is 0 Å². The average molecular weight is 268 g/mol. The second-order valence-electron chi connectivity index (χ2n) is 7.10. The predicted molar refractivity (Wildman–Crippen MR) is 72.2 cm³/mol. The molecule has 0 aromatic carbocycles. The zero-order chi connectivity index (χ0) is 14.6. The molecule has 1 N–H and O–H groups in total. The van der Waals surface area contributed by atoms with Crippen LogP contribution in [0.5, 0.6) is 0 Å². The summed E-state index contributed by atoms with van der Waals surface area (Å²) in [4.78, 5) is 13.9. The number of likely N-dealkylation sites (tertiary alicyclic amines) is 1. The van der Waals surface area contributed by atoms with Gasteiger partial charge in [0, 0.05) is 6.54 Å². The zero-order valence-corrected chi connectivity index (χ0v) is 12.6. The molecule has 2 aliphatic rings. The van der Waals surface area contributed by atoms with Crippen LogP contribution in [0.3, 0.4) is 0 Å². The van der Waals surface area contributed by atoms with Crippen molar-refractivity contribution in [3.63, 3.8) is 0 Å². The molecule has 1 aliphatic heterocycles. The minimum Gasteiger partial charge on any atom is -0.483 e. The van der Waals surface area contributed by atoms with Gasteiger partial charge in [0.1, 0.15) is 11.6 Å². The lowest BCUT2D eigenvalue weighted by molar-refractivity contribution is 0.0201. The molecule has 0 bridgehead atoms. The Kier molecular flexibility index (Phi) is 3.07. The second-order valence-corrected chi connectivity index (χ2v) is 7.10. The topological polar surface area (TPSA) is 62.6 Å². The normalized spacial score (nSPS) is 31.7. The summed E-state index contributed by atoms with van der Waals surface area (Å²) in [5.74, 6) is 0.914. The number of methoxy groups -OCH3 is 1. The molecule has 2 rings (SSSR count). The lowest BCUT2D eigenvalue weighted by atomic mass is 10.0. The van der Waals surface area contributed by atoms with Crippen LogP contribution in [0.25, 0.3) is 0 Å². The average Bonchev–Trinajstić information content (AvgIpc) is 2.65. The summed E-state index contributed by atoms with van der Waals surface area (Å²) in [6.07, 6.45) is -0.345. The summed E-state index contributed by atoms with van der Waals surface area (Å²) in [5.41, 5.74) is -0.326. The van der Waals surface area contributed by atoms with Gasteiger partial charge in [-0.3, -0.25) is 10.3 Å². The van der Waals surface area contributed by atoms with E-state index in [1.54, 1.807) is 4.90 Å². The Morgan fingerprint density at radius 1 is 1.37 bits per heavy atom. The summed E-state index contributed by atoms with van der Waals surface area (Å²) in [5, 5.41) is 7.95. The third-order valence-electron chi connectivity index (χ3n) is 4.33. The Bertz CT molecular complexity index is 411. The van der Waals surface area contributed by atoms with Crippen LogP contribution in [0.15, 0.2) is 0 Å². The van der Waals surface area contributed by atoms with Crippen molar-refractivity contribution in [1.82, 2.24) is 4.90 Å². The summed E-state index contributed by atoms with van der Waals surface area (Å²) in [6, 6.07) is -0.278. The van der Waals surface area contributed by atoms with Crippen molar-refractivity contribution >= 4 is 12.0 Å². The first-order valence-electron chi connectivity index (χ1n) is 6.71. The fourth-order valence-electron chi connectivity index (χ4n) is 3.22. The maximum Gasteiger partial charge on any atom is 0.410 e. The molecule has 3 atom stereocenters. The predicted octanol–water partition coefficient (Wildman–Crippen LogP) is 2.50. The number of carbonyl (C=O) groups excluding carboxylic acids is 1. The van der Waals surface area contributed by atoms with Gasteiger partial charge in [-0.25, -0.2) is 4.79 Å². The van der Waals surface area contributed by atoms with E-state index in [2.05, 4.69) is 13.8 Å². The molecule has 5 nitrogen and oxygen atoms in total. The molecule has 0 aromatic heterocycles. The highest BCUT2D eigenvalue weighted by atomic mass is 16.6. The molecule has 108 valence electrons. The van der Waals surface area contributed by atoms with Gasteiger partial charge in [-0.15, -0.1) is 0 Å². The highest BCUT2D eigenvalue weighted by Gasteiger charge is 2.69. The molecule has 1 saturated heterocycles. The maximum absolute atomic E-state index is 12.2. The fraction of sp³-hybridized carbons (Fsp3) is 0.857. The maximum atomic E-state index is 12.2. The summed E-state index contributed by atoms with van der Waals surface area (Å²) in [7, 11) is 1.48. The van der Waals surface area contributed by atoms with Crippen molar-refractivity contribution in [2.24, 2.45) is 17.3 Å². The molecule has 0 aromatic rings. The highest BCUT2D eigenvalue weighted by molar-refractivity contribution is 5.85. The number of nitrogens with zero attached hydrogens (tertiary/aromatic N) is 1. The van der Waals surface area contributed by atoms with Gasteiger partial charge in [0.05, 0.1) is 7.11 Å². The van der Waals surface area contributed by atoms with Crippen LogP contribution in [-0.2, 0) is 9.47 Å². The van der Waals surface area contributed by atoms with E-state index < -0.39 is 5.60 Å². The Morgan fingerprint density at radius 3 is 2.42 bits per heavy atom. The minimum absolute atomic E-state index is 0.156. The van der Waals surface area contributed by atoms with Gasteiger partial charge in [-0.2, -0.15) is 0 Å². The van der Waals surface area contributed by atoms with Gasteiger partial charge in [-0.1, -0.05) is 13.8 Å². The number of rotatable bonds is 1. The summed E-state index contributed by atoms with van der Waals surface area (Å²) >= 11 is 0. The van der Waals surface area contributed by atoms with Crippen LogP contribution in [-0.4, -0.2) is 42.2 Å². The van der Waals surface area contributed by atoms with Crippen LogP contribution < -0.4 is 0 Å². The Labute approximate surface area is 114 Å². The molecule has 0 unspecified atom stereocenters. The standard InChI is InChI=1S/C14H24N2O3/c1-13(2,3)19-12(17)16-7-8-9(14(8,4)5)10(16)11(15)18-6/h8-10,15H,7H2,1-6H3/t8-,9-,10-/m0/s1. The fourth-order valence-corrected chi connectivity index (χ4v) is 3.22. The third-order valence-corrected chi connectivity index (χ3v) is 4.33. The van der Waals surface area contributed by atoms with Crippen LogP contribution in [0.2, 0.25) is 0 Å². The first-order valence-corrected chi connectivity index (χ1v) is 6.71. The van der Waals surface area contributed by atoms with E-state index in [1.165, 1.54) is 7.11 Å². The van der Waals surface area contributed by atoms with Crippen molar-refractivity contribution in [1.29, 1.82) is 5.41 Å². The first-order chi connectivity index (χ1) is 8.59. The van der Waals surface area contributed by atoms with E-state index in [0.29, 0.717) is 18.4 Å². The van der Waals surface area contributed by atoms with E-state index in [1.807, 2.05) is 20.8 Å². The van der Waals surface area contributed by atoms with E-state index in [0.717, 1.165) is 0 Å². The molecular weight excluding hydrogens is 244 g/mol. The van der Waals surface area contributed by atoms with Crippen LogP contribution >= 0.6 is 0 Å². The van der Waals surface area contributed by atoms with Crippen molar-refractivity contribution in [3.8, 4) is 0 Å². The first kappa shape index (κ1) is 14.2. The second kappa shape index (κ2) is 4.12. The number of carbonyl (C=O) groups is 1. The van der Waals surface area contributed by atoms with Gasteiger partial charge >= 0.3 is 6.09 Å². The van der Waals surface area contributed by atoms with E-state index in [-0.39, 0.29) is 23.4 Å². The molecule has 1 aliphatic carbocycles. The Balaban J connectivity index is 2.14. The molecule has 0 radical (unpaired) electrons. The van der Waals surface area contributed by atoms with Crippen molar-refractivity contribution in [3.05, 3.63) is 0 Å². The lowest BCUT2D eigenvalue weighted by Gasteiger charge is -2.32. The van der Waals surface area contributed by atoms with Crippen molar-refractivity contribution in [2.45, 2.75) is 46.3 Å². The number of hydrogen-bond acceptors (Lipinski definition) is 4. The number of hydrogen-bond donors (Lipinski definition) is 1. The molecule has 1 saturated carbocycles. The van der Waals surface area contributed by atoms with E-state index >= 15 is 0 Å². The van der Waals surface area contributed by atoms with Gasteiger partial charge in [0.15, 0.2) is 0 Å². The number of piperidine rings is 1. The quantitative estimate of drug-likeness (QED) is 0.587. The molecular formula is C14H24N2O3. The summed E-state index contributed by atoms with van der Waals surface area (Å²) in [6.45, 7) is 10.6. The number of fused-ring (bicyclic) bond motifs is 1. The molecule has 2 fully saturated rings. The highest BCUT2D eigenvalue weighted by Crippen LogP contribution is 2.65. The van der Waals surface area contributed by atoms with Gasteiger partial charge < -0.3 is 9.47 Å². The monoisotopic (exact) mass is 268 g/mol. The number of nitrogens with one attached hydrogen (secondary N) is 1. The van der Waals surface area contributed by atoms with Gasteiger partial charge in [-0.05, 0) is 38.0 Å². The number of amides is 1. The Morgan fingerprint density at radius 2 is 1.95 bits per heavy atom. The number of ether oxygens (including phenoxy) is 2. The van der Waals surface area contributed by atoms with Crippen LogP contribution in [0, 0.1) is 22.7 Å². The van der Waals surface area contributed by atoms with E-state index in [4.69, 9.17) is 14.9 Å². The summed E-state index contributed by atoms with van der Waals surface area (Å²) < 4.78 is 10.5. The molecule has 19 heavy (non-hydrogen) atoms. The van der Waals surface area contributed by atoms with Crippen LogP contribution in [0.1, 0.15) is 34.6 Å². The minimum atomic E-state index is -0.515. The van der Waals surface area contributed by atoms with Crippen molar-refractivity contribution < 1.29 is 14.3 Å².